The summed E-state index contributed by atoms with van der Waals surface area (Å²) >= 11 is 0. The molecule has 7 heteroatoms. The van der Waals surface area contributed by atoms with Crippen molar-refractivity contribution in [3.05, 3.63) is 36.4 Å². The monoisotopic (exact) mass is 329 g/mol. The fraction of sp³-hybridized carbons (Fsp3) is 0.353. The lowest BCUT2D eigenvalue weighted by atomic mass is 9.77. The minimum absolute atomic E-state index is 0.336. The number of aliphatic hydroxyl groups is 1. The van der Waals surface area contributed by atoms with E-state index in [1.54, 1.807) is 24.3 Å². The number of anilines is 1. The SMILES string of the molecule is CC(=O)Oc1ccc(N2C(=O)[C@@H]3[C@@H](C2=O)[C@@]2(CO)C=C[C@H]3O2)cc1. The minimum atomic E-state index is -1.10. The Bertz CT molecular complexity index is 770. The summed E-state index contributed by atoms with van der Waals surface area (Å²) in [6, 6.07) is 6.15. The third-order valence-electron chi connectivity index (χ3n) is 4.76. The fourth-order valence-electron chi connectivity index (χ4n) is 3.77. The molecule has 4 atom stereocenters. The van der Waals surface area contributed by atoms with Crippen molar-refractivity contribution >= 4 is 23.5 Å². The number of carbonyl (C=O) groups excluding carboxylic acids is 3. The number of fused-ring (bicyclic) bond motifs is 5. The lowest BCUT2D eigenvalue weighted by Gasteiger charge is -2.26. The summed E-state index contributed by atoms with van der Waals surface area (Å²) in [6.45, 7) is 0.944. The van der Waals surface area contributed by atoms with Gasteiger partial charge in [-0.25, -0.2) is 4.90 Å². The van der Waals surface area contributed by atoms with Crippen LogP contribution in [0.3, 0.4) is 0 Å². The van der Waals surface area contributed by atoms with E-state index in [0.29, 0.717) is 11.4 Å². The van der Waals surface area contributed by atoms with Crippen molar-refractivity contribution in [1.29, 1.82) is 0 Å². The molecule has 0 unspecified atom stereocenters. The molecule has 1 aromatic carbocycles. The van der Waals surface area contributed by atoms with Crippen molar-refractivity contribution in [2.24, 2.45) is 11.8 Å². The van der Waals surface area contributed by atoms with E-state index in [-0.39, 0.29) is 18.4 Å². The number of hydrogen-bond acceptors (Lipinski definition) is 6. The molecule has 2 fully saturated rings. The first-order chi connectivity index (χ1) is 11.5. The van der Waals surface area contributed by atoms with E-state index in [2.05, 4.69) is 0 Å². The lowest BCUT2D eigenvalue weighted by Crippen LogP contribution is -2.43. The Morgan fingerprint density at radius 1 is 1.29 bits per heavy atom. The van der Waals surface area contributed by atoms with Crippen LogP contribution in [-0.2, 0) is 19.1 Å². The summed E-state index contributed by atoms with van der Waals surface area (Å²) < 4.78 is 10.6. The predicted octanol–water partition coefficient (Wildman–Crippen LogP) is 0.417. The third-order valence-corrected chi connectivity index (χ3v) is 4.76. The van der Waals surface area contributed by atoms with Crippen molar-refractivity contribution in [1.82, 2.24) is 0 Å². The maximum Gasteiger partial charge on any atom is 0.308 e. The van der Waals surface area contributed by atoms with Gasteiger partial charge in [0.25, 0.3) is 0 Å². The molecule has 0 spiro atoms. The van der Waals surface area contributed by atoms with Crippen LogP contribution < -0.4 is 9.64 Å². The van der Waals surface area contributed by atoms with Crippen LogP contribution >= 0.6 is 0 Å². The van der Waals surface area contributed by atoms with Crippen LogP contribution in [0, 0.1) is 11.8 Å². The number of aliphatic hydroxyl groups excluding tert-OH is 1. The van der Waals surface area contributed by atoms with Crippen LogP contribution in [0.1, 0.15) is 6.92 Å². The number of ether oxygens (including phenoxy) is 2. The molecule has 3 heterocycles. The summed E-state index contributed by atoms with van der Waals surface area (Å²) in [5, 5.41) is 9.66. The molecule has 3 aliphatic heterocycles. The number of hydrogen-bond donors (Lipinski definition) is 1. The topological polar surface area (TPSA) is 93.1 Å². The highest BCUT2D eigenvalue weighted by Crippen LogP contribution is 2.52. The molecular formula is C17H15NO6. The first-order valence-electron chi connectivity index (χ1n) is 7.61. The molecule has 2 saturated heterocycles. The molecule has 4 rings (SSSR count). The van der Waals surface area contributed by atoms with Gasteiger partial charge in [-0.15, -0.1) is 0 Å². The van der Waals surface area contributed by atoms with E-state index in [4.69, 9.17) is 9.47 Å². The maximum absolute atomic E-state index is 12.8. The number of benzene rings is 1. The van der Waals surface area contributed by atoms with Gasteiger partial charge in [0.2, 0.25) is 11.8 Å². The third kappa shape index (κ3) is 1.88. The summed E-state index contributed by atoms with van der Waals surface area (Å²) in [5.74, 6) is -2.15. The molecule has 124 valence electrons. The Morgan fingerprint density at radius 2 is 2.00 bits per heavy atom. The summed E-state index contributed by atoms with van der Waals surface area (Å²) in [6.07, 6.45) is 2.93. The molecule has 0 aromatic heterocycles. The van der Waals surface area contributed by atoms with Crippen LogP contribution in [0.15, 0.2) is 36.4 Å². The molecule has 0 aliphatic carbocycles. The first-order valence-corrected chi connectivity index (χ1v) is 7.61. The van der Waals surface area contributed by atoms with Crippen molar-refractivity contribution in [3.8, 4) is 5.75 Å². The van der Waals surface area contributed by atoms with Crippen molar-refractivity contribution in [3.63, 3.8) is 0 Å². The van der Waals surface area contributed by atoms with Gasteiger partial charge in [0.15, 0.2) is 0 Å². The number of amides is 2. The molecule has 3 aliphatic rings. The second kappa shape index (κ2) is 4.99. The lowest BCUT2D eigenvalue weighted by molar-refractivity contribution is -0.132. The zero-order valence-corrected chi connectivity index (χ0v) is 12.8. The standard InChI is InChI=1S/C17H15NO6/c1-9(20)23-11-4-2-10(3-5-11)18-15(21)13-12-6-7-17(8-19,24-12)14(13)16(18)22/h2-7,12-14,19H,8H2,1H3/t12-,13+,14+,17+/m1/s1. The Hall–Kier alpha value is -2.51. The van der Waals surface area contributed by atoms with Gasteiger partial charge >= 0.3 is 5.97 Å². The van der Waals surface area contributed by atoms with Crippen LogP contribution in [0.5, 0.6) is 5.75 Å². The normalized spacial score (nSPS) is 33.2. The second-order valence-corrected chi connectivity index (χ2v) is 6.16. The molecule has 0 saturated carbocycles. The van der Waals surface area contributed by atoms with Crippen LogP contribution in [0.25, 0.3) is 0 Å². The summed E-state index contributed by atoms with van der Waals surface area (Å²) in [5.41, 5.74) is -0.697. The molecule has 7 nitrogen and oxygen atoms in total. The van der Waals surface area contributed by atoms with E-state index in [9.17, 15) is 19.5 Å². The molecular weight excluding hydrogens is 314 g/mol. The minimum Gasteiger partial charge on any atom is -0.427 e. The number of carbonyl (C=O) groups is 3. The zero-order valence-electron chi connectivity index (χ0n) is 12.8. The van der Waals surface area contributed by atoms with Gasteiger partial charge in [-0.1, -0.05) is 12.2 Å². The van der Waals surface area contributed by atoms with E-state index in [0.717, 1.165) is 4.90 Å². The number of rotatable bonds is 3. The average Bonchev–Trinajstić information content (AvgIpc) is 3.19. The van der Waals surface area contributed by atoms with E-state index in [1.165, 1.54) is 19.1 Å². The highest BCUT2D eigenvalue weighted by Gasteiger charge is 2.67. The molecule has 1 aromatic rings. The molecule has 0 radical (unpaired) electrons. The van der Waals surface area contributed by atoms with Gasteiger partial charge in [-0.3, -0.25) is 14.4 Å². The van der Waals surface area contributed by atoms with E-state index in [1.807, 2.05) is 0 Å². The number of esters is 1. The van der Waals surface area contributed by atoms with Gasteiger partial charge in [-0.2, -0.15) is 0 Å². The maximum atomic E-state index is 12.8. The highest BCUT2D eigenvalue weighted by atomic mass is 16.5. The molecule has 1 N–H and O–H groups in total. The Labute approximate surface area is 137 Å². The largest absolute Gasteiger partial charge is 0.427 e. The summed E-state index contributed by atoms with van der Waals surface area (Å²) in [4.78, 5) is 37.6. The summed E-state index contributed by atoms with van der Waals surface area (Å²) in [7, 11) is 0. The molecule has 24 heavy (non-hydrogen) atoms. The Morgan fingerprint density at radius 3 is 2.62 bits per heavy atom. The van der Waals surface area contributed by atoms with Gasteiger partial charge < -0.3 is 14.6 Å². The van der Waals surface area contributed by atoms with E-state index < -0.39 is 29.5 Å². The Balaban J connectivity index is 1.65. The number of nitrogens with zero attached hydrogens (tertiary/aromatic N) is 1. The van der Waals surface area contributed by atoms with Crippen LogP contribution in [0.4, 0.5) is 5.69 Å². The van der Waals surface area contributed by atoms with Crippen molar-refractivity contribution < 1.29 is 29.0 Å². The first kappa shape index (κ1) is 15.0. The molecule has 2 bridgehead atoms. The fourth-order valence-corrected chi connectivity index (χ4v) is 3.77. The van der Waals surface area contributed by atoms with Gasteiger partial charge in [0, 0.05) is 6.92 Å². The van der Waals surface area contributed by atoms with Gasteiger partial charge in [0.05, 0.1) is 30.2 Å². The second-order valence-electron chi connectivity index (χ2n) is 6.16. The predicted molar refractivity (Wildman–Crippen MR) is 81.1 cm³/mol. The van der Waals surface area contributed by atoms with Crippen molar-refractivity contribution in [2.45, 2.75) is 18.6 Å². The smallest absolute Gasteiger partial charge is 0.308 e. The zero-order chi connectivity index (χ0) is 17.1. The van der Waals surface area contributed by atoms with Gasteiger partial charge in [-0.05, 0) is 24.3 Å². The number of imide groups is 1. The van der Waals surface area contributed by atoms with E-state index >= 15 is 0 Å². The van der Waals surface area contributed by atoms with Crippen LogP contribution in [-0.4, -0.2) is 41.2 Å². The molecule has 2 amide bonds. The van der Waals surface area contributed by atoms with Crippen LogP contribution in [0.2, 0.25) is 0 Å². The quantitative estimate of drug-likeness (QED) is 0.374. The van der Waals surface area contributed by atoms with Gasteiger partial charge in [0.1, 0.15) is 11.4 Å². The Kier molecular flexibility index (Phi) is 3.13. The van der Waals surface area contributed by atoms with Crippen molar-refractivity contribution in [2.75, 3.05) is 11.5 Å². The average molecular weight is 329 g/mol. The highest BCUT2D eigenvalue weighted by molar-refractivity contribution is 6.23.